The van der Waals surface area contributed by atoms with Crippen molar-refractivity contribution in [3.8, 4) is 11.3 Å². The van der Waals surface area contributed by atoms with Crippen molar-refractivity contribution in [3.63, 3.8) is 0 Å². The highest BCUT2D eigenvalue weighted by Crippen LogP contribution is 2.34. The molecular formula is C26H32N4O2. The van der Waals surface area contributed by atoms with Crippen LogP contribution in [0.1, 0.15) is 68.6 Å². The van der Waals surface area contributed by atoms with E-state index in [4.69, 9.17) is 5.10 Å². The quantitative estimate of drug-likeness (QED) is 0.473. The number of carbonyl (C=O) groups is 1. The van der Waals surface area contributed by atoms with Gasteiger partial charge in [-0.2, -0.15) is 5.10 Å². The zero-order chi connectivity index (χ0) is 23.0. The van der Waals surface area contributed by atoms with Gasteiger partial charge in [0, 0.05) is 24.1 Å². The molecule has 0 atom stereocenters. The number of Topliss-reactive ketones (excluding diaryl/α,β-unsaturated/α-hetero) is 1. The van der Waals surface area contributed by atoms with E-state index >= 15 is 0 Å². The molecule has 1 fully saturated rings. The van der Waals surface area contributed by atoms with Gasteiger partial charge in [-0.3, -0.25) is 4.79 Å². The van der Waals surface area contributed by atoms with E-state index in [0.29, 0.717) is 24.5 Å². The summed E-state index contributed by atoms with van der Waals surface area (Å²) in [6.45, 7) is 9.92. The molecule has 4 rings (SSSR count). The molecule has 1 aliphatic rings. The Kier molecular flexibility index (Phi) is 5.91. The molecule has 0 amide bonds. The first-order valence-electron chi connectivity index (χ1n) is 11.3. The lowest BCUT2D eigenvalue weighted by atomic mass is 9.98. The molecule has 0 bridgehead atoms. The number of ketones is 1. The van der Waals surface area contributed by atoms with Gasteiger partial charge in [0.05, 0.1) is 28.9 Å². The van der Waals surface area contributed by atoms with Gasteiger partial charge >= 0.3 is 0 Å². The molecule has 3 aromatic rings. The normalized spacial score (nSPS) is 14.8. The lowest BCUT2D eigenvalue weighted by Gasteiger charge is -2.19. The average molecular weight is 433 g/mol. The summed E-state index contributed by atoms with van der Waals surface area (Å²) in [5, 5.41) is 18.3. The van der Waals surface area contributed by atoms with Gasteiger partial charge in [-0.05, 0) is 76.6 Å². The first-order valence-corrected chi connectivity index (χ1v) is 11.3. The maximum absolute atomic E-state index is 12.6. The number of anilines is 1. The first kappa shape index (κ1) is 22.2. The van der Waals surface area contributed by atoms with Crippen molar-refractivity contribution in [1.29, 1.82) is 0 Å². The van der Waals surface area contributed by atoms with Gasteiger partial charge in [0.25, 0.3) is 0 Å². The summed E-state index contributed by atoms with van der Waals surface area (Å²) < 4.78 is 1.84. The molecule has 2 N–H and O–H groups in total. The summed E-state index contributed by atoms with van der Waals surface area (Å²) in [4.78, 5) is 17.2. The number of hydrogen-bond acceptors (Lipinski definition) is 5. The SMILES string of the molecule is C/C=C(\C)c1cc(NCC(C)(C)O)c2ncc(-c3ccc(C(=O)CC4CC4)c(C)c3)n2n1. The van der Waals surface area contributed by atoms with E-state index in [9.17, 15) is 9.90 Å². The number of aliphatic hydroxyl groups is 1. The molecule has 1 aliphatic carbocycles. The monoisotopic (exact) mass is 432 g/mol. The van der Waals surface area contributed by atoms with Crippen LogP contribution in [0, 0.1) is 12.8 Å². The van der Waals surface area contributed by atoms with Crippen molar-refractivity contribution in [3.05, 3.63) is 53.4 Å². The first-order chi connectivity index (χ1) is 15.2. The zero-order valence-electron chi connectivity index (χ0n) is 19.6. The van der Waals surface area contributed by atoms with Crippen molar-refractivity contribution in [2.24, 2.45) is 5.92 Å². The fraction of sp³-hybridized carbons (Fsp3) is 0.423. The highest BCUT2D eigenvalue weighted by Gasteiger charge is 2.25. The van der Waals surface area contributed by atoms with Crippen molar-refractivity contribution >= 4 is 22.7 Å². The molecule has 6 heteroatoms. The molecule has 0 spiro atoms. The van der Waals surface area contributed by atoms with E-state index in [1.807, 2.05) is 61.8 Å². The number of aryl methyl sites for hydroxylation is 1. The minimum Gasteiger partial charge on any atom is -0.389 e. The van der Waals surface area contributed by atoms with Gasteiger partial charge in [-0.25, -0.2) is 9.50 Å². The maximum atomic E-state index is 12.6. The van der Waals surface area contributed by atoms with Crippen LogP contribution in [0.5, 0.6) is 0 Å². The van der Waals surface area contributed by atoms with E-state index in [-0.39, 0.29) is 5.78 Å². The molecule has 0 unspecified atom stereocenters. The van der Waals surface area contributed by atoms with Crippen LogP contribution in [-0.2, 0) is 0 Å². The molecule has 168 valence electrons. The third-order valence-electron chi connectivity index (χ3n) is 6.01. The maximum Gasteiger partial charge on any atom is 0.177 e. The van der Waals surface area contributed by atoms with Crippen LogP contribution in [0.4, 0.5) is 5.69 Å². The van der Waals surface area contributed by atoms with E-state index in [0.717, 1.165) is 39.3 Å². The number of hydrogen-bond donors (Lipinski definition) is 2. The van der Waals surface area contributed by atoms with Crippen LogP contribution in [0.3, 0.4) is 0 Å². The standard InChI is InChI=1S/C26H32N4O2/c1-6-16(2)21-13-22(28-15-26(4,5)32)25-27-14-23(30(25)29-21)19-9-10-20(17(3)11-19)24(31)12-18-7-8-18/h6,9-11,13-14,18,28,32H,7-8,12,15H2,1-5H3/b16-6+. The summed E-state index contributed by atoms with van der Waals surface area (Å²) in [5.41, 5.74) is 6.16. The number of nitrogens with zero attached hydrogens (tertiary/aromatic N) is 3. The Balaban J connectivity index is 1.75. The Morgan fingerprint density at radius 1 is 1.31 bits per heavy atom. The third-order valence-corrected chi connectivity index (χ3v) is 6.01. The minimum atomic E-state index is -0.856. The van der Waals surface area contributed by atoms with E-state index in [1.54, 1.807) is 13.8 Å². The van der Waals surface area contributed by atoms with Gasteiger partial charge in [-0.1, -0.05) is 18.2 Å². The van der Waals surface area contributed by atoms with Crippen molar-refractivity contribution < 1.29 is 9.90 Å². The van der Waals surface area contributed by atoms with Gasteiger partial charge in [-0.15, -0.1) is 0 Å². The van der Waals surface area contributed by atoms with E-state index in [1.165, 1.54) is 12.8 Å². The predicted molar refractivity (Wildman–Crippen MR) is 129 cm³/mol. The van der Waals surface area contributed by atoms with Gasteiger partial charge < -0.3 is 10.4 Å². The van der Waals surface area contributed by atoms with E-state index in [2.05, 4.69) is 10.3 Å². The number of imidazole rings is 1. The molecule has 1 aromatic carbocycles. The number of allylic oxidation sites excluding steroid dienone is 2. The molecule has 32 heavy (non-hydrogen) atoms. The van der Waals surface area contributed by atoms with Gasteiger partial charge in [0.2, 0.25) is 0 Å². The summed E-state index contributed by atoms with van der Waals surface area (Å²) in [6, 6.07) is 7.93. The molecule has 0 aliphatic heterocycles. The minimum absolute atomic E-state index is 0.233. The number of nitrogens with one attached hydrogen (secondary N) is 1. The van der Waals surface area contributed by atoms with Crippen molar-refractivity contribution in [2.75, 3.05) is 11.9 Å². The van der Waals surface area contributed by atoms with Gasteiger partial charge in [0.1, 0.15) is 0 Å². The van der Waals surface area contributed by atoms with Crippen LogP contribution in [0.25, 0.3) is 22.5 Å². The van der Waals surface area contributed by atoms with Crippen molar-refractivity contribution in [1.82, 2.24) is 14.6 Å². The topological polar surface area (TPSA) is 79.5 Å². The number of benzene rings is 1. The highest BCUT2D eigenvalue weighted by atomic mass is 16.3. The molecule has 2 aromatic heterocycles. The summed E-state index contributed by atoms with van der Waals surface area (Å²) in [6.07, 6.45) is 6.84. The highest BCUT2D eigenvalue weighted by molar-refractivity contribution is 5.98. The Hall–Kier alpha value is -2.99. The summed E-state index contributed by atoms with van der Waals surface area (Å²) >= 11 is 0. The molecule has 0 saturated heterocycles. The molecular weight excluding hydrogens is 400 g/mol. The lowest BCUT2D eigenvalue weighted by molar-refractivity contribution is 0.0944. The lowest BCUT2D eigenvalue weighted by Crippen LogP contribution is -2.29. The molecule has 0 radical (unpaired) electrons. The smallest absolute Gasteiger partial charge is 0.177 e. The molecule has 6 nitrogen and oxygen atoms in total. The summed E-state index contributed by atoms with van der Waals surface area (Å²) in [7, 11) is 0. The second-order valence-electron chi connectivity index (χ2n) is 9.56. The fourth-order valence-electron chi connectivity index (χ4n) is 3.78. The third kappa shape index (κ3) is 4.75. The Labute approximate surface area is 189 Å². The van der Waals surface area contributed by atoms with Crippen LogP contribution >= 0.6 is 0 Å². The van der Waals surface area contributed by atoms with Crippen LogP contribution in [0.15, 0.2) is 36.5 Å². The van der Waals surface area contributed by atoms with Crippen LogP contribution in [0.2, 0.25) is 0 Å². The van der Waals surface area contributed by atoms with Crippen LogP contribution in [-0.4, -0.2) is 37.6 Å². The number of fused-ring (bicyclic) bond motifs is 1. The second kappa shape index (κ2) is 8.51. The Morgan fingerprint density at radius 2 is 2.06 bits per heavy atom. The van der Waals surface area contributed by atoms with Gasteiger partial charge in [0.15, 0.2) is 11.4 Å². The Bertz CT molecular complexity index is 1200. The number of rotatable bonds is 8. The zero-order valence-corrected chi connectivity index (χ0v) is 19.6. The van der Waals surface area contributed by atoms with Crippen molar-refractivity contribution in [2.45, 2.75) is 59.5 Å². The summed E-state index contributed by atoms with van der Waals surface area (Å²) in [5.74, 6) is 0.810. The number of carbonyl (C=O) groups excluding carboxylic acids is 1. The van der Waals surface area contributed by atoms with Crippen LogP contribution < -0.4 is 5.32 Å². The Morgan fingerprint density at radius 3 is 2.69 bits per heavy atom. The second-order valence-corrected chi connectivity index (χ2v) is 9.56. The molecule has 1 saturated carbocycles. The number of aromatic nitrogens is 3. The van der Waals surface area contributed by atoms with E-state index < -0.39 is 5.60 Å². The average Bonchev–Trinajstić information content (AvgIpc) is 3.45. The predicted octanol–water partition coefficient (Wildman–Crippen LogP) is 5.29. The fourth-order valence-corrected chi connectivity index (χ4v) is 3.78. The molecule has 2 heterocycles. The largest absolute Gasteiger partial charge is 0.389 e.